The third kappa shape index (κ3) is 4.44. The molecule has 3 N–H and O–H groups in total. The molecule has 0 spiro atoms. The molecule has 3 heterocycles. The van der Waals surface area contributed by atoms with Gasteiger partial charge in [-0.05, 0) is 30.3 Å². The monoisotopic (exact) mass is 402 g/mol. The smallest absolute Gasteiger partial charge is 0.228 e. The lowest BCUT2D eigenvalue weighted by Crippen LogP contribution is -2.37. The summed E-state index contributed by atoms with van der Waals surface area (Å²) in [5.74, 6) is 1.53. The quantitative estimate of drug-likeness (QED) is 0.479. The average Bonchev–Trinajstić information content (AvgIpc) is 2.79. The van der Waals surface area contributed by atoms with E-state index in [1.54, 1.807) is 24.4 Å². The number of carbonyl (C=O) groups excluding carboxylic acids is 1. The maximum absolute atomic E-state index is 11.9. The van der Waals surface area contributed by atoms with Crippen LogP contribution in [-0.2, 0) is 4.74 Å². The summed E-state index contributed by atoms with van der Waals surface area (Å²) in [6, 6.07) is 12.7. The first-order valence-corrected chi connectivity index (χ1v) is 9.60. The number of ether oxygens (including phenoxy) is 1. The molecule has 1 saturated heterocycles. The van der Waals surface area contributed by atoms with Crippen LogP contribution < -0.4 is 16.0 Å². The normalized spacial score (nSPS) is 13.7. The van der Waals surface area contributed by atoms with Gasteiger partial charge in [0.1, 0.15) is 11.6 Å². The van der Waals surface area contributed by atoms with E-state index >= 15 is 0 Å². The van der Waals surface area contributed by atoms with E-state index in [0.717, 1.165) is 16.9 Å². The second-order valence-corrected chi connectivity index (χ2v) is 6.78. The molecule has 8 nitrogen and oxygen atoms in total. The lowest BCUT2D eigenvalue weighted by atomic mass is 10.1. The van der Waals surface area contributed by atoms with Crippen molar-refractivity contribution in [1.29, 1.82) is 0 Å². The number of ketones is 1. The van der Waals surface area contributed by atoms with Gasteiger partial charge in [0, 0.05) is 42.2 Å². The van der Waals surface area contributed by atoms with Crippen molar-refractivity contribution in [2.75, 3.05) is 42.3 Å². The van der Waals surface area contributed by atoms with Crippen LogP contribution in [0.5, 0.6) is 0 Å². The first kappa shape index (κ1) is 19.5. The van der Waals surface area contributed by atoms with E-state index in [1.165, 1.54) is 6.08 Å². The second kappa shape index (κ2) is 8.71. The van der Waals surface area contributed by atoms with Crippen molar-refractivity contribution in [2.45, 2.75) is 0 Å². The molecule has 30 heavy (non-hydrogen) atoms. The second-order valence-electron chi connectivity index (χ2n) is 6.78. The molecule has 1 aliphatic rings. The topological polar surface area (TPSA) is 106 Å². The highest BCUT2D eigenvalue weighted by Crippen LogP contribution is 2.26. The molecule has 1 aromatic carbocycles. The van der Waals surface area contributed by atoms with Gasteiger partial charge in [-0.25, -0.2) is 9.97 Å². The molecule has 0 bridgehead atoms. The van der Waals surface area contributed by atoms with Gasteiger partial charge in [0.15, 0.2) is 5.78 Å². The van der Waals surface area contributed by atoms with E-state index < -0.39 is 0 Å². The lowest BCUT2D eigenvalue weighted by molar-refractivity contribution is 0.104. The summed E-state index contributed by atoms with van der Waals surface area (Å²) >= 11 is 0. The molecule has 0 saturated carbocycles. The SMILES string of the molecule is C=CC(=O)c1cccc(Nc2cc(-c3ccc(N)nc3)nc(N3CCOCC3)n2)c1. The Bertz CT molecular complexity index is 1060. The van der Waals surface area contributed by atoms with Crippen LogP contribution in [0.15, 0.2) is 61.3 Å². The number of aromatic nitrogens is 3. The van der Waals surface area contributed by atoms with Crippen molar-refractivity contribution in [2.24, 2.45) is 0 Å². The Morgan fingerprint density at radius 3 is 2.73 bits per heavy atom. The van der Waals surface area contributed by atoms with Crippen molar-refractivity contribution in [3.8, 4) is 11.3 Å². The number of hydrogen-bond acceptors (Lipinski definition) is 8. The van der Waals surface area contributed by atoms with Crippen LogP contribution in [-0.4, -0.2) is 47.0 Å². The number of anilines is 4. The molecule has 2 aromatic heterocycles. The van der Waals surface area contributed by atoms with Gasteiger partial charge in [0.2, 0.25) is 5.95 Å². The first-order valence-electron chi connectivity index (χ1n) is 9.60. The van der Waals surface area contributed by atoms with Crippen LogP contribution in [0.2, 0.25) is 0 Å². The molecular weight excluding hydrogens is 380 g/mol. The van der Waals surface area contributed by atoms with Crippen LogP contribution >= 0.6 is 0 Å². The zero-order chi connectivity index (χ0) is 20.9. The third-order valence-corrected chi connectivity index (χ3v) is 4.70. The maximum atomic E-state index is 11.9. The van der Waals surface area contributed by atoms with Gasteiger partial charge in [-0.2, -0.15) is 4.98 Å². The number of hydrogen-bond donors (Lipinski definition) is 2. The predicted octanol–water partition coefficient (Wildman–Crippen LogP) is 3.07. The summed E-state index contributed by atoms with van der Waals surface area (Å²) < 4.78 is 5.44. The molecular formula is C22H22N6O2. The number of rotatable bonds is 6. The summed E-state index contributed by atoms with van der Waals surface area (Å²) in [6.45, 7) is 6.23. The Kier molecular flexibility index (Phi) is 5.67. The van der Waals surface area contributed by atoms with Crippen molar-refractivity contribution in [3.63, 3.8) is 0 Å². The molecule has 1 fully saturated rings. The molecule has 0 atom stereocenters. The molecule has 1 aliphatic heterocycles. The van der Waals surface area contributed by atoms with Crippen LogP contribution in [0, 0.1) is 0 Å². The fourth-order valence-electron chi connectivity index (χ4n) is 3.12. The van der Waals surface area contributed by atoms with Crippen LogP contribution in [0.1, 0.15) is 10.4 Å². The Morgan fingerprint density at radius 1 is 1.17 bits per heavy atom. The zero-order valence-corrected chi connectivity index (χ0v) is 16.4. The molecule has 0 amide bonds. The van der Waals surface area contributed by atoms with Gasteiger partial charge >= 0.3 is 0 Å². The molecule has 0 radical (unpaired) electrons. The highest BCUT2D eigenvalue weighted by molar-refractivity contribution is 6.04. The maximum Gasteiger partial charge on any atom is 0.228 e. The highest BCUT2D eigenvalue weighted by Gasteiger charge is 2.17. The van der Waals surface area contributed by atoms with Gasteiger partial charge < -0.3 is 20.7 Å². The van der Waals surface area contributed by atoms with E-state index in [1.807, 2.05) is 24.3 Å². The number of nitrogens with one attached hydrogen (secondary N) is 1. The number of morpholine rings is 1. The van der Waals surface area contributed by atoms with Crippen molar-refractivity contribution in [1.82, 2.24) is 15.0 Å². The van der Waals surface area contributed by atoms with Crippen LogP contribution in [0.25, 0.3) is 11.3 Å². The van der Waals surface area contributed by atoms with Gasteiger partial charge in [-0.3, -0.25) is 4.79 Å². The third-order valence-electron chi connectivity index (χ3n) is 4.70. The fourth-order valence-corrected chi connectivity index (χ4v) is 3.12. The Balaban J connectivity index is 1.71. The number of carbonyl (C=O) groups is 1. The summed E-state index contributed by atoms with van der Waals surface area (Å²) in [5, 5.41) is 3.28. The molecule has 8 heteroatoms. The van der Waals surface area contributed by atoms with E-state index in [2.05, 4.69) is 26.8 Å². The first-order chi connectivity index (χ1) is 14.6. The average molecular weight is 402 g/mol. The van der Waals surface area contributed by atoms with Crippen LogP contribution in [0.4, 0.5) is 23.3 Å². The van der Waals surface area contributed by atoms with E-state index in [9.17, 15) is 4.79 Å². The Morgan fingerprint density at radius 2 is 2.00 bits per heavy atom. The van der Waals surface area contributed by atoms with Gasteiger partial charge in [0.25, 0.3) is 0 Å². The van der Waals surface area contributed by atoms with Crippen molar-refractivity contribution >= 4 is 29.1 Å². The van der Waals surface area contributed by atoms with E-state index in [4.69, 9.17) is 15.5 Å². The number of nitrogens with zero attached hydrogens (tertiary/aromatic N) is 4. The number of allylic oxidation sites excluding steroid dienone is 1. The summed E-state index contributed by atoms with van der Waals surface area (Å²) in [7, 11) is 0. The minimum absolute atomic E-state index is 0.135. The fraction of sp³-hybridized carbons (Fsp3) is 0.182. The number of pyridine rings is 1. The Labute approximate surface area is 174 Å². The highest BCUT2D eigenvalue weighted by atomic mass is 16.5. The van der Waals surface area contributed by atoms with Crippen molar-refractivity contribution < 1.29 is 9.53 Å². The number of nitrogens with two attached hydrogens (primary N) is 1. The summed E-state index contributed by atoms with van der Waals surface area (Å²) in [4.78, 5) is 27.6. The van der Waals surface area contributed by atoms with E-state index in [0.29, 0.717) is 49.5 Å². The van der Waals surface area contributed by atoms with Gasteiger partial charge in [0.05, 0.1) is 18.9 Å². The van der Waals surface area contributed by atoms with E-state index in [-0.39, 0.29) is 5.78 Å². The number of nitrogen functional groups attached to an aromatic ring is 1. The van der Waals surface area contributed by atoms with Crippen molar-refractivity contribution in [3.05, 3.63) is 66.9 Å². The van der Waals surface area contributed by atoms with Crippen LogP contribution in [0.3, 0.4) is 0 Å². The molecule has 4 rings (SSSR count). The zero-order valence-electron chi connectivity index (χ0n) is 16.4. The molecule has 152 valence electrons. The minimum atomic E-state index is -0.135. The summed E-state index contributed by atoms with van der Waals surface area (Å²) in [6.07, 6.45) is 2.99. The number of benzene rings is 1. The predicted molar refractivity (Wildman–Crippen MR) is 117 cm³/mol. The molecule has 0 unspecified atom stereocenters. The lowest BCUT2D eigenvalue weighted by Gasteiger charge is -2.27. The molecule has 3 aromatic rings. The van der Waals surface area contributed by atoms with Gasteiger partial charge in [-0.15, -0.1) is 0 Å². The Hall–Kier alpha value is -3.78. The molecule has 0 aliphatic carbocycles. The largest absolute Gasteiger partial charge is 0.384 e. The van der Waals surface area contributed by atoms with Gasteiger partial charge in [-0.1, -0.05) is 18.7 Å². The standard InChI is InChI=1S/C22H22N6O2/c1-2-19(29)15-4-3-5-17(12-15)25-21-13-18(16-6-7-20(23)24-14-16)26-22(27-21)28-8-10-30-11-9-28/h2-7,12-14H,1,8-11H2,(H2,23,24)(H,25,26,27). The summed E-state index contributed by atoms with van der Waals surface area (Å²) in [5.41, 5.74) is 8.58. The minimum Gasteiger partial charge on any atom is -0.384 e.